The molecule has 0 radical (unpaired) electrons. The Morgan fingerprint density at radius 3 is 2.49 bits per heavy atom. The lowest BCUT2D eigenvalue weighted by Gasteiger charge is -2.21. The highest BCUT2D eigenvalue weighted by Gasteiger charge is 2.31. The van der Waals surface area contributed by atoms with Crippen molar-refractivity contribution >= 4 is 11.6 Å². The van der Waals surface area contributed by atoms with Crippen molar-refractivity contribution in [1.82, 2.24) is 9.36 Å². The van der Waals surface area contributed by atoms with Crippen molar-refractivity contribution in [2.75, 3.05) is 11.9 Å². The minimum atomic E-state index is -0.245. The van der Waals surface area contributed by atoms with Crippen molar-refractivity contribution in [3.8, 4) is 23.1 Å². The second-order valence-corrected chi connectivity index (χ2v) is 8.99. The third kappa shape index (κ3) is 4.65. The minimum absolute atomic E-state index is 0.0930. The van der Waals surface area contributed by atoms with Crippen molar-refractivity contribution in [3.63, 3.8) is 0 Å². The molecule has 2 heterocycles. The predicted molar refractivity (Wildman–Crippen MR) is 144 cm³/mol. The lowest BCUT2D eigenvalue weighted by molar-refractivity contribution is -0.117. The first kappa shape index (κ1) is 24.4. The number of para-hydroxylation sites is 2. The summed E-state index contributed by atoms with van der Waals surface area (Å²) in [6, 6.07) is 21.2. The molecule has 1 amide bonds. The summed E-state index contributed by atoms with van der Waals surface area (Å²) in [5.41, 5.74) is 4.85. The van der Waals surface area contributed by atoms with Crippen LogP contribution in [-0.2, 0) is 30.6 Å². The Morgan fingerprint density at radius 1 is 0.973 bits per heavy atom. The van der Waals surface area contributed by atoms with Crippen LogP contribution in [0.4, 0.5) is 5.69 Å². The van der Waals surface area contributed by atoms with Gasteiger partial charge in [-0.05, 0) is 55.2 Å². The van der Waals surface area contributed by atoms with Gasteiger partial charge < -0.3 is 14.8 Å². The Hall–Kier alpha value is -4.26. The number of carbonyl (C=O) groups excluding carboxylic acids is 1. The van der Waals surface area contributed by atoms with E-state index in [9.17, 15) is 9.59 Å². The molecule has 0 bridgehead atoms. The smallest absolute Gasteiger partial charge is 0.278 e. The fraction of sp³-hybridized carbons (Fsp3) is 0.267. The van der Waals surface area contributed by atoms with Crippen LogP contribution in [0, 0.1) is 0 Å². The van der Waals surface area contributed by atoms with E-state index in [2.05, 4.69) is 12.2 Å². The molecule has 0 saturated carbocycles. The molecule has 1 aliphatic heterocycles. The van der Waals surface area contributed by atoms with Crippen LogP contribution in [-0.4, -0.2) is 21.9 Å². The van der Waals surface area contributed by atoms with E-state index in [1.165, 1.54) is 5.56 Å². The molecule has 1 aliphatic rings. The number of carbonyl (C=O) groups is 1. The van der Waals surface area contributed by atoms with E-state index in [-0.39, 0.29) is 18.0 Å². The highest BCUT2D eigenvalue weighted by Crippen LogP contribution is 2.42. The summed E-state index contributed by atoms with van der Waals surface area (Å²) in [6.07, 6.45) is 2.08. The van der Waals surface area contributed by atoms with Crippen molar-refractivity contribution in [3.05, 3.63) is 99.3 Å². The molecule has 0 spiro atoms. The van der Waals surface area contributed by atoms with Gasteiger partial charge in [-0.1, -0.05) is 56.3 Å². The van der Waals surface area contributed by atoms with E-state index < -0.39 is 0 Å². The fourth-order valence-corrected chi connectivity index (χ4v) is 4.76. The molecule has 0 fully saturated rings. The van der Waals surface area contributed by atoms with Crippen molar-refractivity contribution in [2.24, 2.45) is 0 Å². The molecule has 1 N–H and O–H groups in total. The number of fused-ring (bicyclic) bond motifs is 2. The number of aryl methyl sites for hydroxylation is 2. The van der Waals surface area contributed by atoms with Crippen LogP contribution >= 0.6 is 0 Å². The number of amides is 1. The second-order valence-electron chi connectivity index (χ2n) is 8.99. The van der Waals surface area contributed by atoms with Crippen molar-refractivity contribution < 1.29 is 14.3 Å². The van der Waals surface area contributed by atoms with Gasteiger partial charge in [0.25, 0.3) is 5.56 Å². The Labute approximate surface area is 216 Å². The van der Waals surface area contributed by atoms with Gasteiger partial charge >= 0.3 is 0 Å². The number of hydrogen-bond donors (Lipinski definition) is 1. The zero-order valence-corrected chi connectivity index (χ0v) is 21.4. The predicted octanol–water partition coefficient (Wildman–Crippen LogP) is 5.50. The molecule has 37 heavy (non-hydrogen) atoms. The summed E-state index contributed by atoms with van der Waals surface area (Å²) >= 11 is 0. The second kappa shape index (κ2) is 10.4. The summed E-state index contributed by atoms with van der Waals surface area (Å²) in [7, 11) is 0. The van der Waals surface area contributed by atoms with Crippen molar-refractivity contribution in [2.45, 2.75) is 46.6 Å². The standard InChI is InChI=1S/C30H31N3O4/c1-4-20-14-16-23(17-15-20)33-29(35)24-18-22-11-9-13-26(36-6-3)28(22)37-30(24)32(33)19-27(34)31-25-12-8-7-10-21(25)5-2/h7-17H,4-6,18-19H2,1-3H3,(H,31,34). The molecule has 190 valence electrons. The highest BCUT2D eigenvalue weighted by molar-refractivity contribution is 5.91. The maximum atomic E-state index is 13.7. The number of hydrogen-bond acceptors (Lipinski definition) is 4. The normalized spacial score (nSPS) is 11.9. The molecule has 7 heteroatoms. The van der Waals surface area contributed by atoms with E-state index in [1.54, 1.807) is 9.36 Å². The zero-order chi connectivity index (χ0) is 25.9. The highest BCUT2D eigenvalue weighted by atomic mass is 16.5. The number of ether oxygens (including phenoxy) is 2. The molecule has 3 aromatic carbocycles. The van der Waals surface area contributed by atoms with Crippen molar-refractivity contribution in [1.29, 1.82) is 0 Å². The molecule has 0 unspecified atom stereocenters. The zero-order valence-electron chi connectivity index (χ0n) is 21.4. The molecule has 5 rings (SSSR count). The van der Waals surface area contributed by atoms with Crippen LogP contribution in [0.1, 0.15) is 43.0 Å². The molecule has 0 aliphatic carbocycles. The number of nitrogens with one attached hydrogen (secondary N) is 1. The summed E-state index contributed by atoms with van der Waals surface area (Å²) in [5.74, 6) is 1.32. The quantitative estimate of drug-likeness (QED) is 0.307. The van der Waals surface area contributed by atoms with Crippen LogP contribution in [0.3, 0.4) is 0 Å². The number of anilines is 1. The first-order chi connectivity index (χ1) is 18.0. The largest absolute Gasteiger partial charge is 0.490 e. The van der Waals surface area contributed by atoms with Gasteiger partial charge in [0, 0.05) is 17.7 Å². The molecule has 1 aromatic heterocycles. The third-order valence-electron chi connectivity index (χ3n) is 6.67. The Bertz CT molecular complexity index is 1500. The van der Waals surface area contributed by atoms with E-state index in [4.69, 9.17) is 9.47 Å². The van der Waals surface area contributed by atoms with E-state index in [0.29, 0.717) is 41.7 Å². The molecule has 4 aromatic rings. The van der Waals surface area contributed by atoms with E-state index >= 15 is 0 Å². The van der Waals surface area contributed by atoms with Gasteiger partial charge in [-0.2, -0.15) is 0 Å². The Morgan fingerprint density at radius 2 is 1.76 bits per heavy atom. The van der Waals surface area contributed by atoms with Crippen LogP contribution < -0.4 is 20.3 Å². The lowest BCUT2D eigenvalue weighted by Crippen LogP contribution is -2.27. The van der Waals surface area contributed by atoms with Gasteiger partial charge in [0.15, 0.2) is 11.5 Å². The SMILES string of the molecule is CCOc1cccc2c1Oc1c(c(=O)n(-c3ccc(CC)cc3)n1CC(=O)Nc1ccccc1CC)C2. The lowest BCUT2D eigenvalue weighted by atomic mass is 10.0. The average molecular weight is 498 g/mol. The molecular formula is C30H31N3O4. The Balaban J connectivity index is 1.59. The number of rotatable bonds is 8. The number of nitrogens with zero attached hydrogens (tertiary/aromatic N) is 2. The van der Waals surface area contributed by atoms with Gasteiger partial charge in [-0.15, -0.1) is 0 Å². The number of aromatic nitrogens is 2. The molecule has 0 atom stereocenters. The van der Waals surface area contributed by atoms with Gasteiger partial charge in [0.05, 0.1) is 17.9 Å². The first-order valence-corrected chi connectivity index (χ1v) is 12.8. The van der Waals surface area contributed by atoms with Gasteiger partial charge in [0.2, 0.25) is 11.8 Å². The van der Waals surface area contributed by atoms with Crippen LogP contribution in [0.25, 0.3) is 5.69 Å². The van der Waals surface area contributed by atoms with Crippen LogP contribution in [0.15, 0.2) is 71.5 Å². The summed E-state index contributed by atoms with van der Waals surface area (Å²) in [6.45, 7) is 6.44. The van der Waals surface area contributed by atoms with Gasteiger partial charge in [-0.25, -0.2) is 9.36 Å². The molecule has 7 nitrogen and oxygen atoms in total. The van der Waals surface area contributed by atoms with E-state index in [1.807, 2.05) is 80.6 Å². The molecule has 0 saturated heterocycles. The Kier molecular flexibility index (Phi) is 6.86. The third-order valence-corrected chi connectivity index (χ3v) is 6.67. The summed E-state index contributed by atoms with van der Waals surface area (Å²) < 4.78 is 15.3. The topological polar surface area (TPSA) is 74.5 Å². The monoisotopic (exact) mass is 497 g/mol. The van der Waals surface area contributed by atoms with Gasteiger partial charge in [-0.3, -0.25) is 9.59 Å². The van der Waals surface area contributed by atoms with Gasteiger partial charge in [0.1, 0.15) is 6.54 Å². The summed E-state index contributed by atoms with van der Waals surface area (Å²) in [5, 5.41) is 3.02. The first-order valence-electron chi connectivity index (χ1n) is 12.8. The minimum Gasteiger partial charge on any atom is -0.490 e. The molecular weight excluding hydrogens is 466 g/mol. The van der Waals surface area contributed by atoms with E-state index in [0.717, 1.165) is 29.7 Å². The fourth-order valence-electron chi connectivity index (χ4n) is 4.76. The van der Waals surface area contributed by atoms with Crippen LogP contribution in [0.2, 0.25) is 0 Å². The summed E-state index contributed by atoms with van der Waals surface area (Å²) in [4.78, 5) is 27.1. The average Bonchev–Trinajstić information content (AvgIpc) is 3.18. The van der Waals surface area contributed by atoms with Crippen LogP contribution in [0.5, 0.6) is 17.4 Å². The maximum absolute atomic E-state index is 13.7. The maximum Gasteiger partial charge on any atom is 0.278 e. The number of benzene rings is 3.